The van der Waals surface area contributed by atoms with Crippen molar-refractivity contribution in [1.82, 2.24) is 5.32 Å². The minimum atomic E-state index is -0.634. The van der Waals surface area contributed by atoms with E-state index < -0.39 is 5.91 Å². The minimum Gasteiger partial charge on any atom is -0.493 e. The topological polar surface area (TPSA) is 90.7 Å². The third-order valence-electron chi connectivity index (χ3n) is 3.23. The largest absolute Gasteiger partial charge is 0.493 e. The van der Waals surface area contributed by atoms with Crippen LogP contribution in [0.15, 0.2) is 29.0 Å². The zero-order valence-corrected chi connectivity index (χ0v) is 16.5. The number of primary amides is 1. The first-order valence-electron chi connectivity index (χ1n) is 7.67. The molecular weight excluding hydrogens is 396 g/mol. The van der Waals surface area contributed by atoms with Crippen LogP contribution in [0.1, 0.15) is 15.9 Å². The van der Waals surface area contributed by atoms with Gasteiger partial charge in [0.05, 0.1) is 12.1 Å². The molecule has 6 nitrogen and oxygen atoms in total. The van der Waals surface area contributed by atoms with Gasteiger partial charge >= 0.3 is 0 Å². The molecule has 0 bridgehead atoms. The molecule has 1 aromatic heterocycles. The van der Waals surface area contributed by atoms with Crippen LogP contribution < -0.4 is 20.5 Å². The quantitative estimate of drug-likeness (QED) is 0.583. The molecule has 2 amide bonds. The molecule has 1 heterocycles. The van der Waals surface area contributed by atoms with Gasteiger partial charge in [0.15, 0.2) is 18.1 Å². The summed E-state index contributed by atoms with van der Waals surface area (Å²) in [5, 5.41) is 7.17. The van der Waals surface area contributed by atoms with Crippen molar-refractivity contribution < 1.29 is 19.1 Å². The van der Waals surface area contributed by atoms with Crippen LogP contribution in [0, 0.1) is 0 Å². The van der Waals surface area contributed by atoms with E-state index in [4.69, 9.17) is 26.8 Å². The number of ether oxygens (including phenoxy) is 2. The van der Waals surface area contributed by atoms with Crippen LogP contribution in [0.4, 0.5) is 0 Å². The molecule has 0 aliphatic heterocycles. The molecule has 9 heteroatoms. The Morgan fingerprint density at radius 1 is 1.38 bits per heavy atom. The lowest BCUT2D eigenvalue weighted by atomic mass is 10.2. The second-order valence-corrected chi connectivity index (χ2v) is 7.48. The van der Waals surface area contributed by atoms with Crippen LogP contribution in [0.3, 0.4) is 0 Å². The SMILES string of the molecule is COc1cc(C(=O)NCCSCc2ccsc2)cc(Cl)c1OCC(N)=O. The highest BCUT2D eigenvalue weighted by atomic mass is 35.5. The van der Waals surface area contributed by atoms with Gasteiger partial charge in [0.2, 0.25) is 0 Å². The molecule has 0 fully saturated rings. The summed E-state index contributed by atoms with van der Waals surface area (Å²) in [5.41, 5.74) is 6.69. The number of halogens is 1. The summed E-state index contributed by atoms with van der Waals surface area (Å²) in [6.45, 7) is 0.205. The van der Waals surface area contributed by atoms with E-state index in [2.05, 4.69) is 16.8 Å². The van der Waals surface area contributed by atoms with Crippen molar-refractivity contribution in [2.75, 3.05) is 26.0 Å². The molecule has 0 spiro atoms. The summed E-state index contributed by atoms with van der Waals surface area (Å²) in [4.78, 5) is 23.1. The summed E-state index contributed by atoms with van der Waals surface area (Å²) in [6, 6.07) is 5.07. The molecule has 0 aliphatic carbocycles. The predicted octanol–water partition coefficient (Wildman–Crippen LogP) is 2.94. The molecule has 26 heavy (non-hydrogen) atoms. The maximum atomic E-state index is 12.3. The fourth-order valence-electron chi connectivity index (χ4n) is 2.04. The number of hydrogen-bond acceptors (Lipinski definition) is 6. The zero-order chi connectivity index (χ0) is 18.9. The van der Waals surface area contributed by atoms with E-state index in [0.717, 1.165) is 11.5 Å². The van der Waals surface area contributed by atoms with Gasteiger partial charge in [-0.05, 0) is 34.5 Å². The van der Waals surface area contributed by atoms with Gasteiger partial charge in [0.1, 0.15) is 0 Å². The number of nitrogens with two attached hydrogens (primary N) is 1. The summed E-state index contributed by atoms with van der Waals surface area (Å²) in [7, 11) is 1.42. The Morgan fingerprint density at radius 3 is 2.85 bits per heavy atom. The maximum absolute atomic E-state index is 12.3. The summed E-state index contributed by atoms with van der Waals surface area (Å²) < 4.78 is 10.4. The molecule has 3 N–H and O–H groups in total. The molecule has 140 valence electrons. The number of hydrogen-bond donors (Lipinski definition) is 2. The fraction of sp³-hybridized carbons (Fsp3) is 0.294. The summed E-state index contributed by atoms with van der Waals surface area (Å²) >= 11 is 9.56. The first-order valence-corrected chi connectivity index (χ1v) is 10.1. The number of carbonyl (C=O) groups is 2. The number of rotatable bonds is 10. The van der Waals surface area contributed by atoms with E-state index >= 15 is 0 Å². The van der Waals surface area contributed by atoms with Gasteiger partial charge in [-0.3, -0.25) is 9.59 Å². The summed E-state index contributed by atoms with van der Waals surface area (Å²) in [6.07, 6.45) is 0. The Bertz CT molecular complexity index is 753. The third-order valence-corrected chi connectivity index (χ3v) is 5.27. The maximum Gasteiger partial charge on any atom is 0.255 e. The molecule has 2 rings (SSSR count). The van der Waals surface area contributed by atoms with Gasteiger partial charge in [-0.15, -0.1) is 0 Å². The van der Waals surface area contributed by atoms with Crippen LogP contribution in [0.2, 0.25) is 5.02 Å². The Balaban J connectivity index is 1.89. The molecule has 1 aromatic carbocycles. The molecule has 0 radical (unpaired) electrons. The normalized spacial score (nSPS) is 10.4. The molecule has 0 unspecified atom stereocenters. The van der Waals surface area contributed by atoms with E-state index in [1.807, 2.05) is 5.38 Å². The highest BCUT2D eigenvalue weighted by Crippen LogP contribution is 2.36. The van der Waals surface area contributed by atoms with Crippen molar-refractivity contribution in [2.45, 2.75) is 5.75 Å². The first kappa shape index (κ1) is 20.4. The number of methoxy groups -OCH3 is 1. The van der Waals surface area contributed by atoms with Gasteiger partial charge in [0, 0.05) is 23.6 Å². The first-order chi connectivity index (χ1) is 12.5. The van der Waals surface area contributed by atoms with Crippen molar-refractivity contribution in [3.63, 3.8) is 0 Å². The van der Waals surface area contributed by atoms with Gasteiger partial charge < -0.3 is 20.5 Å². The molecular formula is C17H19ClN2O4S2. The van der Waals surface area contributed by atoms with E-state index in [9.17, 15) is 9.59 Å². The van der Waals surface area contributed by atoms with E-state index in [0.29, 0.717) is 12.1 Å². The van der Waals surface area contributed by atoms with Gasteiger partial charge in [0.25, 0.3) is 11.8 Å². The molecule has 0 aliphatic rings. The van der Waals surface area contributed by atoms with Crippen molar-refractivity contribution >= 4 is 46.5 Å². The lowest BCUT2D eigenvalue weighted by molar-refractivity contribution is -0.119. The monoisotopic (exact) mass is 414 g/mol. The van der Waals surface area contributed by atoms with Crippen LogP contribution >= 0.6 is 34.7 Å². The van der Waals surface area contributed by atoms with Crippen molar-refractivity contribution in [2.24, 2.45) is 5.73 Å². The number of nitrogens with one attached hydrogen (secondary N) is 1. The van der Waals surface area contributed by atoms with Gasteiger partial charge in [-0.25, -0.2) is 0 Å². The number of benzene rings is 1. The smallest absolute Gasteiger partial charge is 0.255 e. The lowest BCUT2D eigenvalue weighted by Crippen LogP contribution is -2.26. The van der Waals surface area contributed by atoms with Gasteiger partial charge in [-0.1, -0.05) is 11.6 Å². The Hall–Kier alpha value is -1.90. The molecule has 0 saturated carbocycles. The third kappa shape index (κ3) is 6.12. The van der Waals surface area contributed by atoms with Gasteiger partial charge in [-0.2, -0.15) is 23.1 Å². The average molecular weight is 415 g/mol. The zero-order valence-electron chi connectivity index (χ0n) is 14.1. The Kier molecular flexibility index (Phi) is 8.08. The van der Waals surface area contributed by atoms with Crippen LogP contribution in [-0.2, 0) is 10.5 Å². The Morgan fingerprint density at radius 2 is 2.19 bits per heavy atom. The van der Waals surface area contributed by atoms with E-state index in [1.54, 1.807) is 23.1 Å². The van der Waals surface area contributed by atoms with E-state index in [1.165, 1.54) is 24.8 Å². The fourth-order valence-corrected chi connectivity index (χ4v) is 3.88. The number of carbonyl (C=O) groups excluding carboxylic acids is 2. The molecule has 2 aromatic rings. The average Bonchev–Trinajstić information content (AvgIpc) is 3.12. The van der Waals surface area contributed by atoms with E-state index in [-0.39, 0.29) is 29.0 Å². The van der Waals surface area contributed by atoms with Crippen LogP contribution in [0.25, 0.3) is 0 Å². The Labute approximate surface area is 165 Å². The highest BCUT2D eigenvalue weighted by molar-refractivity contribution is 7.98. The van der Waals surface area contributed by atoms with Crippen molar-refractivity contribution in [3.8, 4) is 11.5 Å². The second kappa shape index (κ2) is 10.3. The second-order valence-electron chi connectivity index (χ2n) is 5.18. The highest BCUT2D eigenvalue weighted by Gasteiger charge is 2.16. The molecule has 0 atom stereocenters. The van der Waals surface area contributed by atoms with Crippen LogP contribution in [0.5, 0.6) is 11.5 Å². The predicted molar refractivity (Wildman–Crippen MR) is 106 cm³/mol. The van der Waals surface area contributed by atoms with Crippen LogP contribution in [-0.4, -0.2) is 37.8 Å². The standard InChI is InChI=1S/C17H19ClN2O4S2/c1-23-14-7-12(6-13(18)16(14)24-8-15(19)21)17(22)20-3-5-26-10-11-2-4-25-9-11/h2,4,6-7,9H,3,5,8,10H2,1H3,(H2,19,21)(H,20,22). The lowest BCUT2D eigenvalue weighted by Gasteiger charge is -2.13. The van der Waals surface area contributed by atoms with Crippen molar-refractivity contribution in [1.29, 1.82) is 0 Å². The summed E-state index contributed by atoms with van der Waals surface area (Å²) in [5.74, 6) is 1.26. The molecule has 0 saturated heterocycles. The minimum absolute atomic E-state index is 0.169. The van der Waals surface area contributed by atoms with Crippen molar-refractivity contribution in [3.05, 3.63) is 45.1 Å². The number of thiophene rings is 1. The number of thioether (sulfide) groups is 1. The number of amides is 2.